The van der Waals surface area contributed by atoms with Crippen LogP contribution in [-0.4, -0.2) is 41.1 Å². The largest absolute Gasteiger partial charge is 0.396 e. The molecule has 1 saturated heterocycles. The van der Waals surface area contributed by atoms with Crippen LogP contribution in [0.15, 0.2) is 36.4 Å². The highest BCUT2D eigenvalue weighted by Crippen LogP contribution is 2.56. The third-order valence-corrected chi connectivity index (χ3v) is 7.31. The number of hydrogen-bond donors (Lipinski definition) is 2. The van der Waals surface area contributed by atoms with E-state index in [1.165, 1.54) is 18.2 Å². The number of carbonyl (C=O) groups excluding carboxylic acids is 1. The second-order valence-corrected chi connectivity index (χ2v) is 9.31. The number of likely N-dealkylation sites (tertiary alicyclic amines) is 1. The molecule has 182 valence electrons. The Balaban J connectivity index is 0.000000190. The lowest BCUT2D eigenvalue weighted by atomic mass is 9.78. The average Bonchev–Trinajstić information content (AvgIpc) is 3.17. The van der Waals surface area contributed by atoms with Crippen LogP contribution < -0.4 is 0 Å². The molecular weight excluding hydrogens is 441 g/mol. The second-order valence-electron chi connectivity index (χ2n) is 9.31. The van der Waals surface area contributed by atoms with E-state index in [9.17, 15) is 18.0 Å². The Morgan fingerprint density at radius 2 is 1.82 bits per heavy atom. The Morgan fingerprint density at radius 1 is 1.12 bits per heavy atom. The van der Waals surface area contributed by atoms with Crippen LogP contribution in [0.25, 0.3) is 22.2 Å². The van der Waals surface area contributed by atoms with Gasteiger partial charge in [0.15, 0.2) is 0 Å². The van der Waals surface area contributed by atoms with Crippen LogP contribution in [0.2, 0.25) is 0 Å². The molecule has 3 aromatic rings. The number of H-pyrrole nitrogens is 1. The smallest absolute Gasteiger partial charge is 0.209 e. The molecule has 0 spiro atoms. The summed E-state index contributed by atoms with van der Waals surface area (Å²) in [5, 5.41) is 9.54. The maximum atomic E-state index is 14.1. The number of fused-ring (bicyclic) bond motifs is 2. The quantitative estimate of drug-likeness (QED) is 0.458. The monoisotopic (exact) mass is 472 g/mol. The van der Waals surface area contributed by atoms with Crippen LogP contribution in [-0.2, 0) is 4.79 Å². The maximum absolute atomic E-state index is 14.1. The van der Waals surface area contributed by atoms with Gasteiger partial charge in [0.25, 0.3) is 0 Å². The molecule has 1 amide bonds. The number of aromatic nitrogens is 1. The average molecular weight is 473 g/mol. The van der Waals surface area contributed by atoms with E-state index < -0.39 is 11.6 Å². The van der Waals surface area contributed by atoms with Gasteiger partial charge in [-0.05, 0) is 72.6 Å². The van der Waals surface area contributed by atoms with Gasteiger partial charge in [0.2, 0.25) is 6.41 Å². The van der Waals surface area contributed by atoms with Gasteiger partial charge in [-0.1, -0.05) is 20.3 Å². The molecule has 1 aromatic heterocycles. The van der Waals surface area contributed by atoms with Crippen LogP contribution in [0.5, 0.6) is 0 Å². The highest BCUT2D eigenvalue weighted by molar-refractivity contribution is 5.92. The number of carbonyl (C=O) groups is 1. The minimum atomic E-state index is -0.594. The number of aromatic amines is 1. The van der Waals surface area contributed by atoms with Crippen LogP contribution in [0.3, 0.4) is 0 Å². The number of nitrogens with zero attached hydrogens (tertiary/aromatic N) is 1. The molecule has 2 unspecified atom stereocenters. The van der Waals surface area contributed by atoms with Gasteiger partial charge in [-0.2, -0.15) is 0 Å². The molecule has 2 saturated carbocycles. The fourth-order valence-corrected chi connectivity index (χ4v) is 5.16. The molecule has 2 aliphatic carbocycles. The van der Waals surface area contributed by atoms with Gasteiger partial charge in [0, 0.05) is 30.0 Å². The van der Waals surface area contributed by atoms with Gasteiger partial charge in [-0.3, -0.25) is 4.79 Å². The number of halogens is 3. The lowest BCUT2D eigenvalue weighted by Crippen LogP contribution is -2.24. The summed E-state index contributed by atoms with van der Waals surface area (Å²) < 4.78 is 40.8. The van der Waals surface area contributed by atoms with Crippen molar-refractivity contribution in [2.24, 2.45) is 11.3 Å². The molecule has 2 aromatic carbocycles. The SMILES string of the molecule is CC.Fc1ccc(-c2[nH]c3c(F)cc(F)cc3c2C2CCC2)cc1.O=CN1CC2CC2(CO)C1. The summed E-state index contributed by atoms with van der Waals surface area (Å²) in [6, 6.07) is 8.35. The van der Waals surface area contributed by atoms with Crippen LogP contribution >= 0.6 is 0 Å². The second kappa shape index (κ2) is 9.82. The van der Waals surface area contributed by atoms with E-state index in [4.69, 9.17) is 5.11 Å². The molecule has 6 rings (SSSR count). The third kappa shape index (κ3) is 4.45. The molecule has 7 heteroatoms. The fourth-order valence-electron chi connectivity index (χ4n) is 5.16. The van der Waals surface area contributed by atoms with Gasteiger partial charge in [0.05, 0.1) is 17.8 Å². The van der Waals surface area contributed by atoms with Gasteiger partial charge < -0.3 is 15.0 Å². The lowest BCUT2D eigenvalue weighted by Gasteiger charge is -2.26. The normalized spacial score (nSPS) is 22.8. The highest BCUT2D eigenvalue weighted by atomic mass is 19.1. The Bertz CT molecular complexity index is 1150. The van der Waals surface area contributed by atoms with Crippen LogP contribution in [0, 0.1) is 28.8 Å². The topological polar surface area (TPSA) is 56.3 Å². The number of aliphatic hydroxyl groups is 1. The number of amides is 1. The van der Waals surface area contributed by atoms with Crippen molar-refractivity contribution in [3.63, 3.8) is 0 Å². The van der Waals surface area contributed by atoms with Gasteiger partial charge in [-0.25, -0.2) is 13.2 Å². The highest BCUT2D eigenvalue weighted by Gasteiger charge is 2.59. The summed E-state index contributed by atoms with van der Waals surface area (Å²) >= 11 is 0. The van der Waals surface area contributed by atoms with Crippen molar-refractivity contribution in [3.8, 4) is 11.3 Å². The van der Waals surface area contributed by atoms with Gasteiger partial charge >= 0.3 is 0 Å². The van der Waals surface area contributed by atoms with Crippen LogP contribution in [0.4, 0.5) is 13.2 Å². The first-order valence-electron chi connectivity index (χ1n) is 12.0. The summed E-state index contributed by atoms with van der Waals surface area (Å²) in [6.07, 6.45) is 5.15. The van der Waals surface area contributed by atoms with Crippen molar-refractivity contribution in [1.29, 1.82) is 0 Å². The minimum absolute atomic E-state index is 0.126. The molecule has 4 nitrogen and oxygen atoms in total. The first-order chi connectivity index (χ1) is 16.4. The van der Waals surface area contributed by atoms with E-state index in [1.54, 1.807) is 17.0 Å². The van der Waals surface area contributed by atoms with Crippen molar-refractivity contribution in [2.75, 3.05) is 19.7 Å². The molecule has 2 N–H and O–H groups in total. The number of piperidine rings is 1. The molecular formula is C27H31F3N2O2. The molecule has 0 bridgehead atoms. The molecule has 3 fully saturated rings. The first kappa shape index (κ1) is 24.3. The fraction of sp³-hybridized carbons (Fsp3) is 0.444. The zero-order valence-corrected chi connectivity index (χ0v) is 19.6. The van der Waals surface area contributed by atoms with E-state index >= 15 is 0 Å². The number of benzene rings is 2. The van der Waals surface area contributed by atoms with Crippen molar-refractivity contribution >= 4 is 17.3 Å². The standard InChI is InChI=1S/C18H14F3N.C7H11NO2.C2H6/c19-12-6-4-11(5-7-12)17-16(10-2-1-3-10)14-8-13(20)9-15(21)18(14)22-17;9-4-7-1-6(7)2-8(3-7)5-10;1-2/h4-10,22H,1-3H2;5-6,9H,1-4H2;1-2H3. The lowest BCUT2D eigenvalue weighted by molar-refractivity contribution is -0.118. The predicted octanol–water partition coefficient (Wildman–Crippen LogP) is 6.00. The van der Waals surface area contributed by atoms with E-state index in [1.807, 2.05) is 13.8 Å². The van der Waals surface area contributed by atoms with Crippen molar-refractivity contribution in [3.05, 3.63) is 59.4 Å². The molecule has 2 atom stereocenters. The van der Waals surface area contributed by atoms with E-state index in [2.05, 4.69) is 4.98 Å². The molecule has 3 aliphatic rings. The van der Waals surface area contributed by atoms with Crippen molar-refractivity contribution in [2.45, 2.75) is 45.4 Å². The number of hydrogen-bond acceptors (Lipinski definition) is 2. The zero-order valence-electron chi connectivity index (χ0n) is 19.6. The van der Waals surface area contributed by atoms with E-state index in [-0.39, 0.29) is 17.8 Å². The summed E-state index contributed by atoms with van der Waals surface area (Å²) in [5.74, 6) is -0.584. The number of nitrogens with one attached hydrogen (secondary N) is 1. The third-order valence-electron chi connectivity index (χ3n) is 7.31. The van der Waals surface area contributed by atoms with Crippen molar-refractivity contribution < 1.29 is 23.1 Å². The summed E-state index contributed by atoms with van der Waals surface area (Å²) in [5.41, 5.74) is 2.96. The first-order valence-corrected chi connectivity index (χ1v) is 12.0. The summed E-state index contributed by atoms with van der Waals surface area (Å²) in [4.78, 5) is 15.1. The maximum Gasteiger partial charge on any atom is 0.209 e. The van der Waals surface area contributed by atoms with Crippen molar-refractivity contribution in [1.82, 2.24) is 9.88 Å². The molecule has 0 radical (unpaired) electrons. The van der Waals surface area contributed by atoms with Gasteiger partial charge in [0.1, 0.15) is 17.5 Å². The Morgan fingerprint density at radius 3 is 2.35 bits per heavy atom. The van der Waals surface area contributed by atoms with Crippen LogP contribution in [0.1, 0.15) is 51.0 Å². The molecule has 2 heterocycles. The predicted molar refractivity (Wildman–Crippen MR) is 127 cm³/mol. The Labute approximate surface area is 197 Å². The van der Waals surface area contributed by atoms with Gasteiger partial charge in [-0.15, -0.1) is 0 Å². The zero-order chi connectivity index (χ0) is 24.5. The van der Waals surface area contributed by atoms with E-state index in [0.29, 0.717) is 22.7 Å². The minimum Gasteiger partial charge on any atom is -0.396 e. The number of aliphatic hydroxyl groups excluding tert-OH is 1. The summed E-state index contributed by atoms with van der Waals surface area (Å²) in [6.45, 7) is 5.89. The Kier molecular flexibility index (Phi) is 7.03. The summed E-state index contributed by atoms with van der Waals surface area (Å²) in [7, 11) is 0. The van der Waals surface area contributed by atoms with E-state index in [0.717, 1.165) is 68.1 Å². The molecule has 1 aliphatic heterocycles. The Hall–Kier alpha value is -2.80. The number of rotatable bonds is 4. The molecule has 34 heavy (non-hydrogen) atoms.